The number of halogens is 1. The molecule has 0 aromatic heterocycles. The molecule has 0 radical (unpaired) electrons. The van der Waals surface area contributed by atoms with E-state index in [1.54, 1.807) is 7.11 Å². The van der Waals surface area contributed by atoms with E-state index >= 15 is 0 Å². The number of rotatable bonds is 4. The normalized spacial score (nSPS) is 24.1. The summed E-state index contributed by atoms with van der Waals surface area (Å²) in [5.74, 6) is 1.76. The third kappa shape index (κ3) is 3.86. The van der Waals surface area contributed by atoms with E-state index in [1.165, 1.54) is 5.57 Å². The number of aliphatic hydroxyl groups excluding tert-OH is 1. The van der Waals surface area contributed by atoms with Crippen molar-refractivity contribution in [3.05, 3.63) is 39.9 Å². The summed E-state index contributed by atoms with van der Waals surface area (Å²) in [5.41, 5.74) is 2.46. The van der Waals surface area contributed by atoms with E-state index in [0.717, 1.165) is 28.6 Å². The van der Waals surface area contributed by atoms with E-state index in [0.29, 0.717) is 18.3 Å². The van der Waals surface area contributed by atoms with Crippen LogP contribution < -0.4 is 4.74 Å². The van der Waals surface area contributed by atoms with Crippen LogP contribution in [0.3, 0.4) is 0 Å². The predicted molar refractivity (Wildman–Crippen MR) is 86.0 cm³/mol. The molecule has 0 heterocycles. The predicted octanol–water partition coefficient (Wildman–Crippen LogP) is 4.35. The van der Waals surface area contributed by atoms with Gasteiger partial charge in [-0.2, -0.15) is 0 Å². The van der Waals surface area contributed by atoms with E-state index in [4.69, 9.17) is 4.74 Å². The highest BCUT2D eigenvalue weighted by atomic mass is 79.9. The lowest BCUT2D eigenvalue weighted by Crippen LogP contribution is -2.27. The molecule has 0 aliphatic heterocycles. The van der Waals surface area contributed by atoms with Gasteiger partial charge in [0.2, 0.25) is 0 Å². The Morgan fingerprint density at radius 3 is 2.85 bits per heavy atom. The molecule has 0 saturated carbocycles. The Morgan fingerprint density at radius 2 is 2.20 bits per heavy atom. The van der Waals surface area contributed by atoms with Crippen LogP contribution in [0.2, 0.25) is 0 Å². The third-order valence-corrected chi connectivity index (χ3v) is 4.54. The molecule has 2 rings (SSSR count). The fourth-order valence-electron chi connectivity index (χ4n) is 3.19. The molecule has 0 saturated heterocycles. The largest absolute Gasteiger partial charge is 0.496 e. The number of ether oxygens (including phenoxy) is 1. The van der Waals surface area contributed by atoms with Crippen LogP contribution in [-0.2, 0) is 6.42 Å². The molecule has 3 atom stereocenters. The van der Waals surface area contributed by atoms with Gasteiger partial charge in [0.1, 0.15) is 5.75 Å². The Kier molecular flexibility index (Phi) is 5.28. The van der Waals surface area contributed by atoms with Crippen molar-refractivity contribution < 1.29 is 9.84 Å². The van der Waals surface area contributed by atoms with Gasteiger partial charge in [0.15, 0.2) is 0 Å². The minimum Gasteiger partial charge on any atom is -0.496 e. The van der Waals surface area contributed by atoms with Crippen LogP contribution in [0.25, 0.3) is 0 Å². The molecule has 3 unspecified atom stereocenters. The molecular weight excluding hydrogens is 316 g/mol. The lowest BCUT2D eigenvalue weighted by atomic mass is 9.79. The van der Waals surface area contributed by atoms with Gasteiger partial charge in [0.25, 0.3) is 0 Å². The molecule has 3 heteroatoms. The van der Waals surface area contributed by atoms with Crippen LogP contribution in [-0.4, -0.2) is 18.3 Å². The molecule has 2 nitrogen and oxygen atoms in total. The van der Waals surface area contributed by atoms with Crippen molar-refractivity contribution in [2.45, 2.75) is 39.2 Å². The molecule has 1 aromatic carbocycles. The highest BCUT2D eigenvalue weighted by molar-refractivity contribution is 9.10. The number of aliphatic hydroxyl groups is 1. The molecule has 1 aromatic rings. The first-order valence-corrected chi connectivity index (χ1v) is 7.96. The fourth-order valence-corrected chi connectivity index (χ4v) is 3.60. The smallest absolute Gasteiger partial charge is 0.122 e. The van der Waals surface area contributed by atoms with Crippen LogP contribution in [0.5, 0.6) is 5.75 Å². The lowest BCUT2D eigenvalue weighted by molar-refractivity contribution is 0.0926. The first-order chi connectivity index (χ1) is 9.49. The summed E-state index contributed by atoms with van der Waals surface area (Å²) in [7, 11) is 1.68. The number of methoxy groups -OCH3 is 1. The molecule has 1 aliphatic carbocycles. The van der Waals surface area contributed by atoms with Gasteiger partial charge >= 0.3 is 0 Å². The molecule has 1 aliphatic rings. The Bertz CT molecular complexity index is 496. The van der Waals surface area contributed by atoms with E-state index < -0.39 is 0 Å². The summed E-state index contributed by atoms with van der Waals surface area (Å²) in [4.78, 5) is 0. The van der Waals surface area contributed by atoms with Crippen molar-refractivity contribution in [3.8, 4) is 5.75 Å². The second kappa shape index (κ2) is 6.77. The second-order valence-electron chi connectivity index (χ2n) is 5.92. The van der Waals surface area contributed by atoms with Crippen molar-refractivity contribution in [2.75, 3.05) is 7.11 Å². The van der Waals surface area contributed by atoms with Crippen molar-refractivity contribution in [1.29, 1.82) is 0 Å². The summed E-state index contributed by atoms with van der Waals surface area (Å²) < 4.78 is 6.41. The van der Waals surface area contributed by atoms with Gasteiger partial charge in [-0.3, -0.25) is 0 Å². The van der Waals surface area contributed by atoms with Crippen LogP contribution >= 0.6 is 15.9 Å². The first kappa shape index (κ1) is 15.6. The summed E-state index contributed by atoms with van der Waals surface area (Å²) in [6.45, 7) is 4.39. The Balaban J connectivity index is 2.10. The molecule has 110 valence electrons. The summed E-state index contributed by atoms with van der Waals surface area (Å²) in [5, 5.41) is 10.6. The van der Waals surface area contributed by atoms with E-state index in [-0.39, 0.29) is 6.10 Å². The first-order valence-electron chi connectivity index (χ1n) is 7.17. The van der Waals surface area contributed by atoms with Gasteiger partial charge in [0.05, 0.1) is 13.2 Å². The Hall–Kier alpha value is -0.800. The Labute approximate surface area is 130 Å². The molecule has 0 bridgehead atoms. The summed E-state index contributed by atoms with van der Waals surface area (Å²) >= 11 is 3.48. The van der Waals surface area contributed by atoms with Crippen LogP contribution in [0, 0.1) is 11.8 Å². The van der Waals surface area contributed by atoms with Crippen molar-refractivity contribution >= 4 is 15.9 Å². The highest BCUT2D eigenvalue weighted by Gasteiger charge is 2.25. The quantitative estimate of drug-likeness (QED) is 0.826. The van der Waals surface area contributed by atoms with Crippen LogP contribution in [0.1, 0.15) is 32.3 Å². The average Bonchev–Trinajstić information content (AvgIpc) is 2.37. The summed E-state index contributed by atoms with van der Waals surface area (Å²) in [6.07, 6.45) is 4.72. The number of allylic oxidation sites excluding steroid dienone is 2. The monoisotopic (exact) mass is 338 g/mol. The molecular formula is C17H23BrO2. The lowest BCUT2D eigenvalue weighted by Gasteiger charge is -2.29. The van der Waals surface area contributed by atoms with Gasteiger partial charge in [-0.1, -0.05) is 34.5 Å². The second-order valence-corrected chi connectivity index (χ2v) is 6.83. The molecule has 20 heavy (non-hydrogen) atoms. The Morgan fingerprint density at radius 1 is 1.45 bits per heavy atom. The number of benzene rings is 1. The van der Waals surface area contributed by atoms with Gasteiger partial charge < -0.3 is 9.84 Å². The molecule has 0 spiro atoms. The van der Waals surface area contributed by atoms with Gasteiger partial charge in [-0.05, 0) is 55.4 Å². The highest BCUT2D eigenvalue weighted by Crippen LogP contribution is 2.33. The number of hydrogen-bond acceptors (Lipinski definition) is 2. The summed E-state index contributed by atoms with van der Waals surface area (Å²) in [6, 6.07) is 5.95. The van der Waals surface area contributed by atoms with Gasteiger partial charge in [-0.15, -0.1) is 0 Å². The fraction of sp³-hybridized carbons (Fsp3) is 0.529. The maximum absolute atomic E-state index is 10.6. The van der Waals surface area contributed by atoms with E-state index in [9.17, 15) is 5.11 Å². The van der Waals surface area contributed by atoms with E-state index in [2.05, 4.69) is 35.9 Å². The minimum atomic E-state index is -0.315. The van der Waals surface area contributed by atoms with Crippen LogP contribution in [0.4, 0.5) is 0 Å². The molecule has 1 N–H and O–H groups in total. The standard InChI is InChI=1S/C17H23BrO2/c1-11-6-12(2)8-13(7-11)16(19)10-14-9-15(18)4-5-17(14)20-3/h4-6,9,11,13,16,19H,7-8,10H2,1-3H3. The zero-order valence-corrected chi connectivity index (χ0v) is 14.0. The maximum Gasteiger partial charge on any atom is 0.122 e. The maximum atomic E-state index is 10.6. The third-order valence-electron chi connectivity index (χ3n) is 4.04. The topological polar surface area (TPSA) is 29.5 Å². The SMILES string of the molecule is COc1ccc(Br)cc1CC(O)C1CC(C)=CC(C)C1. The molecule has 0 amide bonds. The number of hydrogen-bond donors (Lipinski definition) is 1. The van der Waals surface area contributed by atoms with E-state index in [1.807, 2.05) is 18.2 Å². The van der Waals surface area contributed by atoms with Crippen LogP contribution in [0.15, 0.2) is 34.3 Å². The zero-order chi connectivity index (χ0) is 14.7. The van der Waals surface area contributed by atoms with Crippen molar-refractivity contribution in [2.24, 2.45) is 11.8 Å². The zero-order valence-electron chi connectivity index (χ0n) is 12.4. The molecule has 0 fully saturated rings. The van der Waals surface area contributed by atoms with Gasteiger partial charge in [-0.25, -0.2) is 0 Å². The van der Waals surface area contributed by atoms with Crippen molar-refractivity contribution in [3.63, 3.8) is 0 Å². The van der Waals surface area contributed by atoms with Crippen molar-refractivity contribution in [1.82, 2.24) is 0 Å². The average molecular weight is 339 g/mol. The minimum absolute atomic E-state index is 0.315. The van der Waals surface area contributed by atoms with Gasteiger partial charge in [0, 0.05) is 10.9 Å².